The Morgan fingerprint density at radius 1 is 1.33 bits per heavy atom. The molecule has 0 aromatic carbocycles. The molecule has 7 nitrogen and oxygen atoms in total. The van der Waals surface area contributed by atoms with E-state index in [0.717, 1.165) is 18.8 Å². The summed E-state index contributed by atoms with van der Waals surface area (Å²) in [5.74, 6) is 1.65. The third-order valence-electron chi connectivity index (χ3n) is 4.02. The summed E-state index contributed by atoms with van der Waals surface area (Å²) >= 11 is 0. The third kappa shape index (κ3) is 3.07. The van der Waals surface area contributed by atoms with Crippen LogP contribution in [0.4, 0.5) is 5.82 Å². The predicted molar refractivity (Wildman–Crippen MR) is 76.3 cm³/mol. The fraction of sp³-hybridized carbons (Fsp3) is 0.643. The summed E-state index contributed by atoms with van der Waals surface area (Å²) < 4.78 is 10.4. The van der Waals surface area contributed by atoms with Crippen LogP contribution in [0.25, 0.3) is 0 Å². The molecule has 114 valence electrons. The molecule has 3 rings (SSSR count). The molecule has 1 aromatic heterocycles. The average molecular weight is 292 g/mol. The molecule has 1 unspecified atom stereocenters. The molecule has 0 saturated carbocycles. The van der Waals surface area contributed by atoms with Crippen LogP contribution in [-0.4, -0.2) is 67.3 Å². The van der Waals surface area contributed by atoms with Gasteiger partial charge in [0.05, 0.1) is 26.2 Å². The van der Waals surface area contributed by atoms with Crippen molar-refractivity contribution in [2.45, 2.75) is 6.42 Å². The number of nitrogens with zero attached hydrogens (tertiary/aromatic N) is 4. The van der Waals surface area contributed by atoms with Gasteiger partial charge in [-0.25, -0.2) is 9.97 Å². The first-order valence-electron chi connectivity index (χ1n) is 7.25. The Hall–Kier alpha value is -1.89. The van der Waals surface area contributed by atoms with Gasteiger partial charge >= 0.3 is 0 Å². The van der Waals surface area contributed by atoms with Crippen LogP contribution in [0.2, 0.25) is 0 Å². The first kappa shape index (κ1) is 14.1. The molecule has 0 spiro atoms. The van der Waals surface area contributed by atoms with Crippen molar-refractivity contribution >= 4 is 11.7 Å². The van der Waals surface area contributed by atoms with Gasteiger partial charge in [0.2, 0.25) is 11.8 Å². The van der Waals surface area contributed by atoms with Gasteiger partial charge in [0.25, 0.3) is 0 Å². The molecule has 2 aliphatic rings. The van der Waals surface area contributed by atoms with Gasteiger partial charge in [0.1, 0.15) is 12.1 Å². The highest BCUT2D eigenvalue weighted by Crippen LogP contribution is 2.25. The van der Waals surface area contributed by atoms with Crippen LogP contribution in [0.5, 0.6) is 5.88 Å². The molecule has 2 aliphatic heterocycles. The van der Waals surface area contributed by atoms with Gasteiger partial charge in [-0.05, 0) is 6.42 Å². The topological polar surface area (TPSA) is 67.8 Å². The summed E-state index contributed by atoms with van der Waals surface area (Å²) in [6, 6.07) is 1.81. The van der Waals surface area contributed by atoms with Gasteiger partial charge in [0, 0.05) is 32.2 Å². The number of hydrogen-bond donors (Lipinski definition) is 0. The van der Waals surface area contributed by atoms with E-state index in [9.17, 15) is 4.79 Å². The van der Waals surface area contributed by atoms with Crippen LogP contribution in [0.15, 0.2) is 12.4 Å². The number of aromatic nitrogens is 2. The molecular weight excluding hydrogens is 272 g/mol. The highest BCUT2D eigenvalue weighted by Gasteiger charge is 2.32. The zero-order chi connectivity index (χ0) is 14.7. The second-order valence-corrected chi connectivity index (χ2v) is 5.29. The van der Waals surface area contributed by atoms with Crippen molar-refractivity contribution in [1.82, 2.24) is 14.9 Å². The fourth-order valence-corrected chi connectivity index (χ4v) is 2.83. The van der Waals surface area contributed by atoms with Crippen LogP contribution in [-0.2, 0) is 9.53 Å². The van der Waals surface area contributed by atoms with Crippen molar-refractivity contribution in [3.63, 3.8) is 0 Å². The van der Waals surface area contributed by atoms with E-state index >= 15 is 0 Å². The lowest BCUT2D eigenvalue weighted by atomic mass is 10.1. The Labute approximate surface area is 123 Å². The van der Waals surface area contributed by atoms with E-state index in [-0.39, 0.29) is 11.8 Å². The minimum atomic E-state index is 0.0454. The first-order chi connectivity index (χ1) is 10.3. The second-order valence-electron chi connectivity index (χ2n) is 5.29. The third-order valence-corrected chi connectivity index (χ3v) is 4.02. The van der Waals surface area contributed by atoms with E-state index in [1.165, 1.54) is 6.33 Å². The second kappa shape index (κ2) is 6.26. The summed E-state index contributed by atoms with van der Waals surface area (Å²) in [7, 11) is 1.58. The maximum atomic E-state index is 12.5. The van der Waals surface area contributed by atoms with Crippen molar-refractivity contribution in [3.05, 3.63) is 12.4 Å². The van der Waals surface area contributed by atoms with E-state index in [4.69, 9.17) is 9.47 Å². The summed E-state index contributed by atoms with van der Waals surface area (Å²) in [5.41, 5.74) is 0. The molecule has 1 aromatic rings. The highest BCUT2D eigenvalue weighted by molar-refractivity contribution is 5.80. The van der Waals surface area contributed by atoms with Crippen LogP contribution in [0.1, 0.15) is 6.42 Å². The standard InChI is InChI=1S/C14H20N4O3/c1-20-13-8-12(15-10-16-13)18-3-2-11(9-18)14(19)17-4-6-21-7-5-17/h8,10-11H,2-7,9H2,1H3. The fourth-order valence-electron chi connectivity index (χ4n) is 2.83. The number of carbonyl (C=O) groups excluding carboxylic acids is 1. The maximum absolute atomic E-state index is 12.5. The zero-order valence-corrected chi connectivity index (χ0v) is 12.2. The van der Waals surface area contributed by atoms with Gasteiger partial charge in [-0.3, -0.25) is 4.79 Å². The summed E-state index contributed by atoms with van der Waals surface area (Å²) in [5, 5.41) is 0. The van der Waals surface area contributed by atoms with E-state index in [0.29, 0.717) is 38.7 Å². The Morgan fingerprint density at radius 2 is 2.14 bits per heavy atom. The van der Waals surface area contributed by atoms with Crippen LogP contribution < -0.4 is 9.64 Å². The number of ether oxygens (including phenoxy) is 2. The quantitative estimate of drug-likeness (QED) is 0.791. The number of amides is 1. The summed E-state index contributed by atoms with van der Waals surface area (Å²) in [6.45, 7) is 4.24. The zero-order valence-electron chi connectivity index (χ0n) is 12.2. The number of morpholine rings is 1. The molecule has 1 atom stereocenters. The predicted octanol–water partition coefficient (Wildman–Crippen LogP) is 0.170. The van der Waals surface area contributed by atoms with Gasteiger partial charge in [-0.1, -0.05) is 0 Å². The van der Waals surface area contributed by atoms with Gasteiger partial charge < -0.3 is 19.3 Å². The van der Waals surface area contributed by atoms with Crippen LogP contribution in [0.3, 0.4) is 0 Å². The maximum Gasteiger partial charge on any atom is 0.227 e. The van der Waals surface area contributed by atoms with Crippen molar-refractivity contribution in [2.75, 3.05) is 51.4 Å². The lowest BCUT2D eigenvalue weighted by molar-refractivity contribution is -0.138. The lowest BCUT2D eigenvalue weighted by Crippen LogP contribution is -2.44. The average Bonchev–Trinajstić information content (AvgIpc) is 3.05. The first-order valence-corrected chi connectivity index (χ1v) is 7.25. The van der Waals surface area contributed by atoms with Gasteiger partial charge in [-0.2, -0.15) is 0 Å². The molecule has 2 saturated heterocycles. The summed E-state index contributed by atoms with van der Waals surface area (Å²) in [6.07, 6.45) is 2.35. The SMILES string of the molecule is COc1cc(N2CCC(C(=O)N3CCOCC3)C2)ncn1. The van der Waals surface area contributed by atoms with Gasteiger partial charge in [-0.15, -0.1) is 0 Å². The van der Waals surface area contributed by atoms with Crippen molar-refractivity contribution in [3.8, 4) is 5.88 Å². The van der Waals surface area contributed by atoms with Crippen LogP contribution >= 0.6 is 0 Å². The number of hydrogen-bond acceptors (Lipinski definition) is 6. The molecule has 7 heteroatoms. The molecule has 21 heavy (non-hydrogen) atoms. The smallest absolute Gasteiger partial charge is 0.227 e. The molecule has 0 aliphatic carbocycles. The molecule has 0 bridgehead atoms. The molecule has 3 heterocycles. The lowest BCUT2D eigenvalue weighted by Gasteiger charge is -2.29. The van der Waals surface area contributed by atoms with E-state index in [2.05, 4.69) is 14.9 Å². The largest absolute Gasteiger partial charge is 0.481 e. The number of rotatable bonds is 3. The minimum Gasteiger partial charge on any atom is -0.481 e. The Balaban J connectivity index is 1.63. The number of anilines is 1. The normalized spacial score (nSPS) is 22.4. The number of methoxy groups -OCH3 is 1. The Kier molecular flexibility index (Phi) is 4.19. The Morgan fingerprint density at radius 3 is 2.90 bits per heavy atom. The molecule has 2 fully saturated rings. The highest BCUT2D eigenvalue weighted by atomic mass is 16.5. The molecule has 1 amide bonds. The van der Waals surface area contributed by atoms with E-state index < -0.39 is 0 Å². The molecule has 0 radical (unpaired) electrons. The molecular formula is C14H20N4O3. The van der Waals surface area contributed by atoms with Crippen molar-refractivity contribution in [2.24, 2.45) is 5.92 Å². The van der Waals surface area contributed by atoms with Crippen molar-refractivity contribution < 1.29 is 14.3 Å². The number of carbonyl (C=O) groups is 1. The van der Waals surface area contributed by atoms with E-state index in [1.807, 2.05) is 11.0 Å². The van der Waals surface area contributed by atoms with Gasteiger partial charge in [0.15, 0.2) is 0 Å². The van der Waals surface area contributed by atoms with Crippen molar-refractivity contribution in [1.29, 1.82) is 0 Å². The van der Waals surface area contributed by atoms with Crippen LogP contribution in [0, 0.1) is 5.92 Å². The Bertz CT molecular complexity index is 505. The monoisotopic (exact) mass is 292 g/mol. The molecule has 0 N–H and O–H groups in total. The minimum absolute atomic E-state index is 0.0454. The van der Waals surface area contributed by atoms with E-state index in [1.54, 1.807) is 7.11 Å². The summed E-state index contributed by atoms with van der Waals surface area (Å²) in [4.78, 5) is 24.8.